The van der Waals surface area contributed by atoms with Crippen LogP contribution >= 0.6 is 15.9 Å². The molecule has 0 aromatic heterocycles. The van der Waals surface area contributed by atoms with Gasteiger partial charge < -0.3 is 19.7 Å². The fourth-order valence-corrected chi connectivity index (χ4v) is 2.91. The summed E-state index contributed by atoms with van der Waals surface area (Å²) in [5.41, 5.74) is -0.566. The normalized spacial score (nSPS) is 17.3. The molecule has 1 atom stereocenters. The van der Waals surface area contributed by atoms with Gasteiger partial charge >= 0.3 is 12.7 Å². The molecule has 1 N–H and O–H groups in total. The number of rotatable bonds is 4. The fourth-order valence-electron chi connectivity index (χ4n) is 2.57. The van der Waals surface area contributed by atoms with Crippen molar-refractivity contribution in [1.82, 2.24) is 10.2 Å². The van der Waals surface area contributed by atoms with E-state index in [1.165, 1.54) is 17.0 Å². The topological polar surface area (TPSA) is 67.9 Å². The van der Waals surface area contributed by atoms with Crippen molar-refractivity contribution in [3.8, 4) is 5.75 Å². The zero-order valence-electron chi connectivity index (χ0n) is 14.7. The average Bonchev–Trinajstić information content (AvgIpc) is 2.92. The van der Waals surface area contributed by atoms with E-state index in [1.807, 2.05) is 0 Å². The van der Waals surface area contributed by atoms with E-state index in [0.717, 1.165) is 0 Å². The van der Waals surface area contributed by atoms with Gasteiger partial charge in [-0.3, -0.25) is 4.79 Å². The highest BCUT2D eigenvalue weighted by Gasteiger charge is 2.31. The number of ether oxygens (including phenoxy) is 2. The number of benzene rings is 1. The second-order valence-corrected chi connectivity index (χ2v) is 7.82. The van der Waals surface area contributed by atoms with Crippen LogP contribution in [-0.4, -0.2) is 48.2 Å². The number of hydrogen-bond donors (Lipinski definition) is 1. The number of likely N-dealkylation sites (tertiary alicyclic amines) is 1. The molecule has 1 aliphatic heterocycles. The summed E-state index contributed by atoms with van der Waals surface area (Å²) in [7, 11) is 0. The van der Waals surface area contributed by atoms with Crippen LogP contribution in [0.15, 0.2) is 22.7 Å². The minimum Gasteiger partial charge on any atom is -0.444 e. The van der Waals surface area contributed by atoms with Crippen molar-refractivity contribution in [3.05, 3.63) is 28.2 Å². The zero-order valence-corrected chi connectivity index (χ0v) is 16.3. The number of amides is 2. The van der Waals surface area contributed by atoms with Crippen LogP contribution in [0.5, 0.6) is 5.75 Å². The first-order chi connectivity index (χ1) is 12.0. The summed E-state index contributed by atoms with van der Waals surface area (Å²) >= 11 is 3.17. The molecule has 1 fully saturated rings. The number of carbonyl (C=O) groups is 2. The van der Waals surface area contributed by atoms with E-state index in [2.05, 4.69) is 26.0 Å². The van der Waals surface area contributed by atoms with Crippen molar-refractivity contribution in [2.75, 3.05) is 13.1 Å². The van der Waals surface area contributed by atoms with Crippen molar-refractivity contribution >= 4 is 27.9 Å². The standard InChI is InChI=1S/C17H21BrF2N2O4/c1-17(2,3)26-16(24)21-11-6-7-22(9-11)14(23)12-5-4-10(18)8-13(12)25-15(19)20/h4-5,8,11,15H,6-7,9H2,1-3H3,(H,21,24). The molecule has 0 radical (unpaired) electrons. The van der Waals surface area contributed by atoms with Gasteiger partial charge in [0.05, 0.1) is 11.6 Å². The van der Waals surface area contributed by atoms with E-state index < -0.39 is 24.2 Å². The first-order valence-corrected chi connectivity index (χ1v) is 8.87. The summed E-state index contributed by atoms with van der Waals surface area (Å²) in [5, 5.41) is 2.71. The molecule has 9 heteroatoms. The van der Waals surface area contributed by atoms with Crippen LogP contribution in [0.3, 0.4) is 0 Å². The van der Waals surface area contributed by atoms with Gasteiger partial charge in [-0.05, 0) is 45.4 Å². The van der Waals surface area contributed by atoms with E-state index in [1.54, 1.807) is 26.8 Å². The molecule has 2 rings (SSSR count). The molecule has 1 saturated heterocycles. The molecule has 0 saturated carbocycles. The summed E-state index contributed by atoms with van der Waals surface area (Å²) < 4.78 is 35.3. The summed E-state index contributed by atoms with van der Waals surface area (Å²) in [5.74, 6) is -0.621. The molecule has 1 unspecified atom stereocenters. The lowest BCUT2D eigenvalue weighted by molar-refractivity contribution is -0.0503. The molecule has 0 aliphatic carbocycles. The molecule has 1 aromatic carbocycles. The molecule has 1 heterocycles. The lowest BCUT2D eigenvalue weighted by Crippen LogP contribution is -2.41. The minimum atomic E-state index is -3.03. The minimum absolute atomic E-state index is 0.0476. The number of nitrogens with zero attached hydrogens (tertiary/aromatic N) is 1. The lowest BCUT2D eigenvalue weighted by Gasteiger charge is -2.22. The Hall–Kier alpha value is -1.90. The van der Waals surface area contributed by atoms with E-state index in [-0.39, 0.29) is 23.9 Å². The van der Waals surface area contributed by atoms with Gasteiger partial charge in [-0.1, -0.05) is 15.9 Å². The number of alkyl carbamates (subject to hydrolysis) is 1. The predicted molar refractivity (Wildman–Crippen MR) is 94.5 cm³/mol. The summed E-state index contributed by atoms with van der Waals surface area (Å²) in [6.07, 6.45) is -0.00539. The van der Waals surface area contributed by atoms with Crippen LogP contribution < -0.4 is 10.1 Å². The van der Waals surface area contributed by atoms with Crippen molar-refractivity contribution < 1.29 is 27.8 Å². The molecule has 144 valence electrons. The van der Waals surface area contributed by atoms with Gasteiger partial charge in [0.2, 0.25) is 0 Å². The first kappa shape index (κ1) is 20.4. The zero-order chi connectivity index (χ0) is 19.5. The maximum atomic E-state index is 12.7. The average molecular weight is 435 g/mol. The number of hydrogen-bond acceptors (Lipinski definition) is 4. The maximum Gasteiger partial charge on any atom is 0.407 e. The molecule has 1 aliphatic rings. The molecule has 6 nitrogen and oxygen atoms in total. The highest BCUT2D eigenvalue weighted by molar-refractivity contribution is 9.10. The van der Waals surface area contributed by atoms with Crippen LogP contribution in [0.25, 0.3) is 0 Å². The van der Waals surface area contributed by atoms with E-state index in [0.29, 0.717) is 17.4 Å². The second kappa shape index (κ2) is 8.20. The molecule has 26 heavy (non-hydrogen) atoms. The van der Waals surface area contributed by atoms with Crippen LogP contribution in [0.2, 0.25) is 0 Å². The highest BCUT2D eigenvalue weighted by Crippen LogP contribution is 2.27. The molecule has 0 spiro atoms. The largest absolute Gasteiger partial charge is 0.444 e. The fraction of sp³-hybridized carbons (Fsp3) is 0.529. The van der Waals surface area contributed by atoms with Gasteiger partial charge in [-0.15, -0.1) is 0 Å². The smallest absolute Gasteiger partial charge is 0.407 e. The predicted octanol–water partition coefficient (Wildman–Crippen LogP) is 3.79. The third-order valence-electron chi connectivity index (χ3n) is 3.59. The summed E-state index contributed by atoms with van der Waals surface area (Å²) in [6.45, 7) is 2.90. The van der Waals surface area contributed by atoms with Crippen molar-refractivity contribution in [1.29, 1.82) is 0 Å². The van der Waals surface area contributed by atoms with Crippen molar-refractivity contribution in [2.45, 2.75) is 45.4 Å². The van der Waals surface area contributed by atoms with Gasteiger partial charge in [0, 0.05) is 17.6 Å². The number of halogens is 3. The van der Waals surface area contributed by atoms with E-state index in [4.69, 9.17) is 4.74 Å². The van der Waals surface area contributed by atoms with Gasteiger partial charge in [-0.2, -0.15) is 8.78 Å². The Bertz CT molecular complexity index is 679. The SMILES string of the molecule is CC(C)(C)OC(=O)NC1CCN(C(=O)c2ccc(Br)cc2OC(F)F)C1. The van der Waals surface area contributed by atoms with Crippen LogP contribution in [0.4, 0.5) is 13.6 Å². The Kier molecular flexibility index (Phi) is 6.44. The summed E-state index contributed by atoms with van der Waals surface area (Å²) in [6, 6.07) is 4.08. The third-order valence-corrected chi connectivity index (χ3v) is 4.08. The van der Waals surface area contributed by atoms with Crippen molar-refractivity contribution in [2.24, 2.45) is 0 Å². The Morgan fingerprint density at radius 1 is 1.35 bits per heavy atom. The third kappa shape index (κ3) is 5.82. The number of nitrogens with one attached hydrogen (secondary N) is 1. The molecule has 0 bridgehead atoms. The van der Waals surface area contributed by atoms with Gasteiger partial charge in [-0.25, -0.2) is 4.79 Å². The molecular weight excluding hydrogens is 414 g/mol. The number of carbonyl (C=O) groups excluding carboxylic acids is 2. The quantitative estimate of drug-likeness (QED) is 0.782. The molecule has 1 aromatic rings. The van der Waals surface area contributed by atoms with E-state index >= 15 is 0 Å². The summed E-state index contributed by atoms with van der Waals surface area (Å²) in [4.78, 5) is 26.0. The Balaban J connectivity index is 2.02. The Labute approximate surface area is 158 Å². The Morgan fingerprint density at radius 3 is 2.65 bits per heavy atom. The highest BCUT2D eigenvalue weighted by atomic mass is 79.9. The molecular formula is C17H21BrF2N2O4. The van der Waals surface area contributed by atoms with Crippen LogP contribution in [0.1, 0.15) is 37.6 Å². The van der Waals surface area contributed by atoms with Gasteiger partial charge in [0.1, 0.15) is 11.4 Å². The maximum absolute atomic E-state index is 12.7. The first-order valence-electron chi connectivity index (χ1n) is 8.08. The monoisotopic (exact) mass is 434 g/mol. The molecule has 2 amide bonds. The van der Waals surface area contributed by atoms with Crippen molar-refractivity contribution in [3.63, 3.8) is 0 Å². The van der Waals surface area contributed by atoms with Crippen LogP contribution in [-0.2, 0) is 4.74 Å². The number of alkyl halides is 2. The lowest BCUT2D eigenvalue weighted by atomic mass is 10.2. The van der Waals surface area contributed by atoms with E-state index in [9.17, 15) is 18.4 Å². The second-order valence-electron chi connectivity index (χ2n) is 6.90. The van der Waals surface area contributed by atoms with Gasteiger partial charge in [0.15, 0.2) is 0 Å². The van der Waals surface area contributed by atoms with Gasteiger partial charge in [0.25, 0.3) is 5.91 Å². The van der Waals surface area contributed by atoms with Crippen LogP contribution in [0, 0.1) is 0 Å². The Morgan fingerprint density at radius 2 is 2.04 bits per heavy atom.